The average Bonchev–Trinajstić information content (AvgIpc) is 2.47. The standard InChI is InChI=1S/C14H10BrClN2O3/c15-11-7-9(5-6-12(11)16)14(19)17-8-10-3-1-2-4-13(10)18(20)21/h1-7H,8H2,(H,17,19). The zero-order chi connectivity index (χ0) is 15.4. The molecule has 21 heavy (non-hydrogen) atoms. The van der Waals surface area contributed by atoms with E-state index in [1.165, 1.54) is 6.07 Å². The van der Waals surface area contributed by atoms with Crippen molar-refractivity contribution in [3.8, 4) is 0 Å². The van der Waals surface area contributed by atoms with E-state index in [-0.39, 0.29) is 18.1 Å². The number of amides is 1. The fourth-order valence-electron chi connectivity index (χ4n) is 1.75. The van der Waals surface area contributed by atoms with Gasteiger partial charge in [0.2, 0.25) is 0 Å². The van der Waals surface area contributed by atoms with E-state index in [9.17, 15) is 14.9 Å². The second-order valence-corrected chi connectivity index (χ2v) is 5.46. The number of nitrogens with zero attached hydrogens (tertiary/aromatic N) is 1. The van der Waals surface area contributed by atoms with Gasteiger partial charge in [-0.25, -0.2) is 0 Å². The quantitative estimate of drug-likeness (QED) is 0.655. The first-order valence-electron chi connectivity index (χ1n) is 5.94. The summed E-state index contributed by atoms with van der Waals surface area (Å²) in [7, 11) is 0. The molecule has 0 radical (unpaired) electrons. The fraction of sp³-hybridized carbons (Fsp3) is 0.0714. The first kappa shape index (κ1) is 15.5. The van der Waals surface area contributed by atoms with Gasteiger partial charge in [0.1, 0.15) is 0 Å². The van der Waals surface area contributed by atoms with Gasteiger partial charge in [-0.05, 0) is 34.1 Å². The van der Waals surface area contributed by atoms with Gasteiger partial charge >= 0.3 is 0 Å². The number of carbonyl (C=O) groups excluding carboxylic acids is 1. The van der Waals surface area contributed by atoms with E-state index in [1.807, 2.05) is 0 Å². The number of nitro benzene ring substituents is 1. The molecule has 2 aromatic carbocycles. The predicted molar refractivity (Wildman–Crippen MR) is 83.4 cm³/mol. The van der Waals surface area contributed by atoms with Gasteiger partial charge in [0, 0.05) is 28.2 Å². The zero-order valence-corrected chi connectivity index (χ0v) is 13.0. The van der Waals surface area contributed by atoms with Crippen LogP contribution in [0.4, 0.5) is 5.69 Å². The van der Waals surface area contributed by atoms with E-state index < -0.39 is 4.92 Å². The third kappa shape index (κ3) is 3.80. The number of para-hydroxylation sites is 1. The van der Waals surface area contributed by atoms with Gasteiger partial charge in [-0.15, -0.1) is 0 Å². The highest BCUT2D eigenvalue weighted by Crippen LogP contribution is 2.23. The molecule has 5 nitrogen and oxygen atoms in total. The van der Waals surface area contributed by atoms with E-state index >= 15 is 0 Å². The highest BCUT2D eigenvalue weighted by molar-refractivity contribution is 9.10. The lowest BCUT2D eigenvalue weighted by atomic mass is 10.1. The molecule has 1 N–H and O–H groups in total. The molecule has 1 amide bonds. The van der Waals surface area contributed by atoms with Crippen molar-refractivity contribution in [3.05, 3.63) is 73.2 Å². The third-order valence-electron chi connectivity index (χ3n) is 2.81. The Balaban J connectivity index is 2.11. The molecular weight excluding hydrogens is 360 g/mol. The van der Waals surface area contributed by atoms with Crippen molar-refractivity contribution in [2.75, 3.05) is 0 Å². The van der Waals surface area contributed by atoms with E-state index in [4.69, 9.17) is 11.6 Å². The SMILES string of the molecule is O=C(NCc1ccccc1[N+](=O)[O-])c1ccc(Cl)c(Br)c1. The first-order valence-corrected chi connectivity index (χ1v) is 7.11. The Morgan fingerprint density at radius 1 is 1.29 bits per heavy atom. The Morgan fingerprint density at radius 2 is 2.00 bits per heavy atom. The van der Waals surface area contributed by atoms with Crippen molar-refractivity contribution in [2.24, 2.45) is 0 Å². The van der Waals surface area contributed by atoms with Crippen LogP contribution in [0.3, 0.4) is 0 Å². The topological polar surface area (TPSA) is 72.2 Å². The van der Waals surface area contributed by atoms with E-state index in [0.29, 0.717) is 20.6 Å². The monoisotopic (exact) mass is 368 g/mol. The molecule has 0 aliphatic rings. The molecular formula is C14H10BrClN2O3. The summed E-state index contributed by atoms with van der Waals surface area (Å²) in [6, 6.07) is 11.1. The molecule has 0 aromatic heterocycles. The number of benzene rings is 2. The average molecular weight is 370 g/mol. The molecule has 0 bridgehead atoms. The van der Waals surface area contributed by atoms with Gasteiger partial charge in [-0.1, -0.05) is 29.8 Å². The normalized spacial score (nSPS) is 10.2. The predicted octanol–water partition coefficient (Wildman–Crippen LogP) is 3.94. The number of hydrogen-bond acceptors (Lipinski definition) is 3. The number of nitro groups is 1. The molecule has 0 spiro atoms. The van der Waals surface area contributed by atoms with Crippen LogP contribution in [0.15, 0.2) is 46.9 Å². The van der Waals surface area contributed by atoms with Crippen molar-refractivity contribution in [1.29, 1.82) is 0 Å². The maximum Gasteiger partial charge on any atom is 0.274 e. The van der Waals surface area contributed by atoms with Crippen molar-refractivity contribution < 1.29 is 9.72 Å². The molecule has 0 atom stereocenters. The Morgan fingerprint density at radius 3 is 2.67 bits per heavy atom. The van der Waals surface area contributed by atoms with Crippen LogP contribution in [0.2, 0.25) is 5.02 Å². The van der Waals surface area contributed by atoms with Gasteiger partial charge in [0.25, 0.3) is 11.6 Å². The maximum absolute atomic E-state index is 12.0. The van der Waals surface area contributed by atoms with E-state index in [1.54, 1.807) is 36.4 Å². The lowest BCUT2D eigenvalue weighted by molar-refractivity contribution is -0.385. The highest BCUT2D eigenvalue weighted by atomic mass is 79.9. The number of hydrogen-bond donors (Lipinski definition) is 1. The van der Waals surface area contributed by atoms with Crippen LogP contribution in [0.5, 0.6) is 0 Å². The zero-order valence-electron chi connectivity index (χ0n) is 10.7. The van der Waals surface area contributed by atoms with Crippen LogP contribution in [0, 0.1) is 10.1 Å². The molecule has 0 aliphatic heterocycles. The summed E-state index contributed by atoms with van der Waals surface area (Å²) < 4.78 is 0.613. The smallest absolute Gasteiger partial charge is 0.274 e. The van der Waals surface area contributed by atoms with Crippen LogP contribution in [-0.2, 0) is 6.54 Å². The fourth-order valence-corrected chi connectivity index (χ4v) is 2.25. The molecule has 0 aliphatic carbocycles. The third-order valence-corrected chi connectivity index (χ3v) is 4.02. The number of nitrogens with one attached hydrogen (secondary N) is 1. The lowest BCUT2D eigenvalue weighted by Crippen LogP contribution is -2.23. The van der Waals surface area contributed by atoms with Crippen LogP contribution in [0.25, 0.3) is 0 Å². The Bertz CT molecular complexity index is 706. The molecule has 2 aromatic rings. The summed E-state index contributed by atoms with van der Waals surface area (Å²) in [5.74, 6) is -0.328. The Hall–Kier alpha value is -1.92. The summed E-state index contributed by atoms with van der Waals surface area (Å²) in [5.41, 5.74) is 0.851. The minimum Gasteiger partial charge on any atom is -0.348 e. The number of carbonyl (C=O) groups is 1. The summed E-state index contributed by atoms with van der Waals surface area (Å²) in [6.45, 7) is 0.0796. The van der Waals surface area contributed by atoms with Crippen molar-refractivity contribution >= 4 is 39.1 Å². The molecule has 0 fully saturated rings. The van der Waals surface area contributed by atoms with Gasteiger partial charge in [-0.3, -0.25) is 14.9 Å². The van der Waals surface area contributed by atoms with E-state index in [2.05, 4.69) is 21.2 Å². The molecule has 108 valence electrons. The minimum absolute atomic E-state index is 0.0184. The molecule has 7 heteroatoms. The van der Waals surface area contributed by atoms with Gasteiger partial charge in [0.05, 0.1) is 9.95 Å². The summed E-state index contributed by atoms with van der Waals surface area (Å²) >= 11 is 9.10. The summed E-state index contributed by atoms with van der Waals surface area (Å²) in [6.07, 6.45) is 0. The maximum atomic E-state index is 12.0. The second kappa shape index (κ2) is 6.69. The van der Waals surface area contributed by atoms with Crippen molar-refractivity contribution in [3.63, 3.8) is 0 Å². The van der Waals surface area contributed by atoms with Gasteiger partial charge in [0.15, 0.2) is 0 Å². The minimum atomic E-state index is -0.472. The highest BCUT2D eigenvalue weighted by Gasteiger charge is 2.14. The van der Waals surface area contributed by atoms with Gasteiger partial charge < -0.3 is 5.32 Å². The molecule has 0 saturated carbocycles. The Kier molecular flexibility index (Phi) is 4.93. The summed E-state index contributed by atoms with van der Waals surface area (Å²) in [5, 5.41) is 14.0. The van der Waals surface area contributed by atoms with Crippen LogP contribution >= 0.6 is 27.5 Å². The molecule has 0 unspecified atom stereocenters. The number of rotatable bonds is 4. The van der Waals surface area contributed by atoms with Crippen LogP contribution < -0.4 is 5.32 Å². The second-order valence-electron chi connectivity index (χ2n) is 4.20. The lowest BCUT2D eigenvalue weighted by Gasteiger charge is -2.07. The van der Waals surface area contributed by atoms with Gasteiger partial charge in [-0.2, -0.15) is 0 Å². The van der Waals surface area contributed by atoms with Crippen LogP contribution in [-0.4, -0.2) is 10.8 Å². The molecule has 0 heterocycles. The van der Waals surface area contributed by atoms with E-state index in [0.717, 1.165) is 0 Å². The largest absolute Gasteiger partial charge is 0.348 e. The Labute approximate surface area is 134 Å². The van der Waals surface area contributed by atoms with Crippen molar-refractivity contribution in [2.45, 2.75) is 6.54 Å². The van der Waals surface area contributed by atoms with Crippen molar-refractivity contribution in [1.82, 2.24) is 5.32 Å². The van der Waals surface area contributed by atoms with Crippen LogP contribution in [0.1, 0.15) is 15.9 Å². The molecule has 2 rings (SSSR count). The summed E-state index contributed by atoms with van der Waals surface area (Å²) in [4.78, 5) is 22.4. The number of halogens is 2. The molecule has 0 saturated heterocycles. The first-order chi connectivity index (χ1) is 9.99.